The Morgan fingerprint density at radius 2 is 1.95 bits per heavy atom. The number of thioether (sulfide) groups is 1. The van der Waals surface area contributed by atoms with Crippen LogP contribution in [0.2, 0.25) is 0 Å². The molecule has 2 aromatic rings. The van der Waals surface area contributed by atoms with Gasteiger partial charge in [0.2, 0.25) is 5.91 Å². The van der Waals surface area contributed by atoms with Gasteiger partial charge in [-0.05, 0) is 36.2 Å². The van der Waals surface area contributed by atoms with Crippen LogP contribution in [0, 0.1) is 6.92 Å². The Hall–Kier alpha value is -1.26. The van der Waals surface area contributed by atoms with Crippen LogP contribution in [0.1, 0.15) is 16.5 Å². The van der Waals surface area contributed by atoms with Crippen molar-refractivity contribution in [1.29, 1.82) is 0 Å². The van der Waals surface area contributed by atoms with E-state index in [1.165, 1.54) is 5.56 Å². The highest BCUT2D eigenvalue weighted by molar-refractivity contribution is 9.10. The summed E-state index contributed by atoms with van der Waals surface area (Å²) in [6.45, 7) is 2.04. The molecule has 0 aromatic heterocycles. The highest BCUT2D eigenvalue weighted by Crippen LogP contribution is 2.42. The molecule has 1 unspecified atom stereocenters. The molecule has 1 heterocycles. The van der Waals surface area contributed by atoms with Crippen molar-refractivity contribution >= 4 is 39.3 Å². The third kappa shape index (κ3) is 2.50. The number of halogens is 1. The minimum atomic E-state index is 0.0734. The number of benzene rings is 2. The molecule has 1 fully saturated rings. The van der Waals surface area contributed by atoms with Gasteiger partial charge in [-0.3, -0.25) is 9.69 Å². The molecule has 1 aliphatic heterocycles. The lowest BCUT2D eigenvalue weighted by Crippen LogP contribution is -2.27. The highest BCUT2D eigenvalue weighted by Gasteiger charge is 2.33. The monoisotopic (exact) mass is 347 g/mol. The fourth-order valence-corrected chi connectivity index (χ4v) is 3.77. The summed E-state index contributed by atoms with van der Waals surface area (Å²) in [4.78, 5) is 14.2. The predicted molar refractivity (Wildman–Crippen MR) is 88.0 cm³/mol. The van der Waals surface area contributed by atoms with Crippen molar-refractivity contribution in [3.63, 3.8) is 0 Å². The molecule has 20 heavy (non-hydrogen) atoms. The molecule has 2 nitrogen and oxygen atoms in total. The first-order chi connectivity index (χ1) is 9.66. The van der Waals surface area contributed by atoms with E-state index in [9.17, 15) is 4.79 Å². The predicted octanol–water partition coefficient (Wildman–Crippen LogP) is 4.54. The van der Waals surface area contributed by atoms with Crippen LogP contribution in [0.15, 0.2) is 53.0 Å². The summed E-state index contributed by atoms with van der Waals surface area (Å²) in [7, 11) is 0. The molecule has 2 aromatic carbocycles. The fourth-order valence-electron chi connectivity index (χ4n) is 2.35. The van der Waals surface area contributed by atoms with Crippen molar-refractivity contribution in [3.8, 4) is 0 Å². The molecule has 0 N–H and O–H groups in total. The Labute approximate surface area is 131 Å². The zero-order valence-electron chi connectivity index (χ0n) is 11.0. The zero-order chi connectivity index (χ0) is 14.1. The normalized spacial score (nSPS) is 18.6. The maximum Gasteiger partial charge on any atom is 0.238 e. The summed E-state index contributed by atoms with van der Waals surface area (Å²) in [5.41, 5.74) is 3.28. The van der Waals surface area contributed by atoms with Crippen molar-refractivity contribution in [2.45, 2.75) is 12.3 Å². The summed E-state index contributed by atoms with van der Waals surface area (Å²) in [5.74, 6) is 0.708. The molecule has 0 spiro atoms. The topological polar surface area (TPSA) is 20.3 Å². The smallest absolute Gasteiger partial charge is 0.238 e. The van der Waals surface area contributed by atoms with Crippen LogP contribution >= 0.6 is 27.7 Å². The summed E-state index contributed by atoms with van der Waals surface area (Å²) in [6.07, 6.45) is 0. The number of carbonyl (C=O) groups is 1. The number of nitrogens with zero attached hydrogens (tertiary/aromatic N) is 1. The van der Waals surface area contributed by atoms with Gasteiger partial charge in [0.05, 0.1) is 5.75 Å². The third-order valence-electron chi connectivity index (χ3n) is 3.37. The largest absolute Gasteiger partial charge is 0.295 e. The average molecular weight is 348 g/mol. The maximum atomic E-state index is 12.2. The molecule has 1 aliphatic rings. The maximum absolute atomic E-state index is 12.2. The minimum absolute atomic E-state index is 0.0734. The van der Waals surface area contributed by atoms with Crippen molar-refractivity contribution < 1.29 is 4.79 Å². The molecule has 102 valence electrons. The molecule has 0 aliphatic carbocycles. The molecule has 1 atom stereocenters. The summed E-state index contributed by atoms with van der Waals surface area (Å²) in [6, 6.07) is 16.3. The number of anilines is 1. The van der Waals surface area contributed by atoms with Gasteiger partial charge in [0, 0.05) is 10.2 Å². The van der Waals surface area contributed by atoms with Gasteiger partial charge < -0.3 is 0 Å². The first kappa shape index (κ1) is 13.7. The Morgan fingerprint density at radius 3 is 2.65 bits per heavy atom. The van der Waals surface area contributed by atoms with E-state index in [-0.39, 0.29) is 11.3 Å². The Bertz CT molecular complexity index is 644. The van der Waals surface area contributed by atoms with Crippen LogP contribution in [-0.4, -0.2) is 11.7 Å². The molecular formula is C16H14BrNOS. The molecular weight excluding hydrogens is 334 g/mol. The average Bonchev–Trinajstić information content (AvgIpc) is 2.85. The molecule has 4 heteroatoms. The van der Waals surface area contributed by atoms with Gasteiger partial charge >= 0.3 is 0 Å². The number of carbonyl (C=O) groups excluding carboxylic acids is 1. The van der Waals surface area contributed by atoms with Crippen LogP contribution in [0.4, 0.5) is 5.69 Å². The molecule has 3 rings (SSSR count). The van der Waals surface area contributed by atoms with E-state index in [0.29, 0.717) is 5.75 Å². The number of amides is 1. The van der Waals surface area contributed by atoms with Gasteiger partial charge in [0.1, 0.15) is 5.37 Å². The molecule has 1 saturated heterocycles. The fraction of sp³-hybridized carbons (Fsp3) is 0.188. The van der Waals surface area contributed by atoms with E-state index in [2.05, 4.69) is 34.1 Å². The first-order valence-electron chi connectivity index (χ1n) is 6.41. The first-order valence-corrected chi connectivity index (χ1v) is 8.26. The van der Waals surface area contributed by atoms with Gasteiger partial charge in [-0.25, -0.2) is 0 Å². The lowest BCUT2D eigenvalue weighted by atomic mass is 10.1. The van der Waals surface area contributed by atoms with Crippen LogP contribution < -0.4 is 4.90 Å². The second-order valence-electron chi connectivity index (χ2n) is 4.77. The Kier molecular flexibility index (Phi) is 3.85. The van der Waals surface area contributed by atoms with E-state index >= 15 is 0 Å². The van der Waals surface area contributed by atoms with E-state index in [1.54, 1.807) is 11.8 Å². The summed E-state index contributed by atoms with van der Waals surface area (Å²) in [5, 5.41) is 0.0734. The SMILES string of the molecule is Cc1cc(N2C(=O)CSC2c2ccccc2)ccc1Br. The van der Waals surface area contributed by atoms with E-state index in [0.717, 1.165) is 15.7 Å². The van der Waals surface area contributed by atoms with E-state index in [1.807, 2.05) is 42.2 Å². The lowest BCUT2D eigenvalue weighted by molar-refractivity contribution is -0.115. The summed E-state index contributed by atoms with van der Waals surface area (Å²) < 4.78 is 1.07. The number of hydrogen-bond donors (Lipinski definition) is 0. The Morgan fingerprint density at radius 1 is 1.20 bits per heavy atom. The standard InChI is InChI=1S/C16H14BrNOS/c1-11-9-13(7-8-14(11)17)18-15(19)10-20-16(18)12-5-3-2-4-6-12/h2-9,16H,10H2,1H3. The van der Waals surface area contributed by atoms with Crippen LogP contribution in [0.25, 0.3) is 0 Å². The second-order valence-corrected chi connectivity index (χ2v) is 6.69. The molecule has 0 radical (unpaired) electrons. The van der Waals surface area contributed by atoms with Gasteiger partial charge in [0.15, 0.2) is 0 Å². The summed E-state index contributed by atoms with van der Waals surface area (Å²) >= 11 is 5.19. The van der Waals surface area contributed by atoms with Crippen molar-refractivity contribution in [2.75, 3.05) is 10.7 Å². The lowest BCUT2D eigenvalue weighted by Gasteiger charge is -2.24. The third-order valence-corrected chi connectivity index (χ3v) is 5.47. The van der Waals surface area contributed by atoms with Crippen molar-refractivity contribution in [3.05, 3.63) is 64.1 Å². The zero-order valence-corrected chi connectivity index (χ0v) is 13.4. The van der Waals surface area contributed by atoms with Crippen LogP contribution in [0.3, 0.4) is 0 Å². The Balaban J connectivity index is 2.00. The molecule has 1 amide bonds. The van der Waals surface area contributed by atoms with Crippen LogP contribution in [-0.2, 0) is 4.79 Å². The van der Waals surface area contributed by atoms with E-state index in [4.69, 9.17) is 0 Å². The van der Waals surface area contributed by atoms with Gasteiger partial charge in [-0.15, -0.1) is 11.8 Å². The van der Waals surface area contributed by atoms with Gasteiger partial charge in [0.25, 0.3) is 0 Å². The minimum Gasteiger partial charge on any atom is -0.295 e. The van der Waals surface area contributed by atoms with E-state index < -0.39 is 0 Å². The number of aryl methyl sites for hydroxylation is 1. The quantitative estimate of drug-likeness (QED) is 0.794. The number of hydrogen-bond acceptors (Lipinski definition) is 2. The highest BCUT2D eigenvalue weighted by atomic mass is 79.9. The van der Waals surface area contributed by atoms with Gasteiger partial charge in [-0.2, -0.15) is 0 Å². The van der Waals surface area contributed by atoms with Crippen LogP contribution in [0.5, 0.6) is 0 Å². The van der Waals surface area contributed by atoms with Crippen molar-refractivity contribution in [2.24, 2.45) is 0 Å². The number of rotatable bonds is 2. The molecule has 0 bridgehead atoms. The van der Waals surface area contributed by atoms with Gasteiger partial charge in [-0.1, -0.05) is 46.3 Å². The van der Waals surface area contributed by atoms with Crippen molar-refractivity contribution in [1.82, 2.24) is 0 Å². The second kappa shape index (κ2) is 5.62. The molecule has 0 saturated carbocycles.